The van der Waals surface area contributed by atoms with E-state index >= 15 is 0 Å². The number of Topliss-reactive ketones (excluding diaryl/α,β-unsaturated/α-hetero) is 1. The van der Waals surface area contributed by atoms with Crippen molar-refractivity contribution < 1.29 is 9.59 Å². The Bertz CT molecular complexity index is 669. The van der Waals surface area contributed by atoms with E-state index in [1.807, 2.05) is 16.8 Å². The SMILES string of the molecule is C.CC1(C)CC(=O)c2c(C(=O)Nc3ccsc3)c[nH]c2C1. The standard InChI is InChI=1S/C15H16N2O2S.CH4/c1-15(2)5-11-13(12(18)6-15)10(7-16-11)14(19)17-9-3-4-20-8-9;/h3-4,7-8,16H,5-6H2,1-2H3,(H,17,19);1H4. The molecule has 0 atom stereocenters. The summed E-state index contributed by atoms with van der Waals surface area (Å²) in [4.78, 5) is 27.7. The molecule has 3 rings (SSSR count). The van der Waals surface area contributed by atoms with E-state index in [1.165, 1.54) is 11.3 Å². The van der Waals surface area contributed by atoms with E-state index in [1.54, 1.807) is 6.20 Å². The Morgan fingerprint density at radius 3 is 2.81 bits per heavy atom. The number of aromatic nitrogens is 1. The Morgan fingerprint density at radius 2 is 2.14 bits per heavy atom. The van der Waals surface area contributed by atoms with E-state index in [4.69, 9.17) is 0 Å². The highest BCUT2D eigenvalue weighted by molar-refractivity contribution is 7.08. The number of H-pyrrole nitrogens is 1. The first-order valence-electron chi connectivity index (χ1n) is 6.53. The quantitative estimate of drug-likeness (QED) is 0.876. The number of rotatable bonds is 2. The summed E-state index contributed by atoms with van der Waals surface area (Å²) in [6.45, 7) is 4.14. The molecule has 21 heavy (non-hydrogen) atoms. The van der Waals surface area contributed by atoms with Crippen LogP contribution in [0.3, 0.4) is 0 Å². The number of hydrogen-bond acceptors (Lipinski definition) is 3. The molecule has 2 aromatic heterocycles. The molecule has 112 valence electrons. The molecule has 4 nitrogen and oxygen atoms in total. The highest BCUT2D eigenvalue weighted by Gasteiger charge is 2.35. The van der Waals surface area contributed by atoms with Crippen molar-refractivity contribution in [2.75, 3.05) is 5.32 Å². The molecule has 0 unspecified atom stereocenters. The number of amides is 1. The summed E-state index contributed by atoms with van der Waals surface area (Å²) >= 11 is 1.52. The van der Waals surface area contributed by atoms with Crippen LogP contribution in [0.4, 0.5) is 5.69 Å². The minimum Gasteiger partial charge on any atom is -0.364 e. The number of aromatic amines is 1. The summed E-state index contributed by atoms with van der Waals surface area (Å²) in [6, 6.07) is 1.84. The lowest BCUT2D eigenvalue weighted by Crippen LogP contribution is -2.28. The smallest absolute Gasteiger partial charge is 0.257 e. The zero-order chi connectivity index (χ0) is 14.3. The van der Waals surface area contributed by atoms with Gasteiger partial charge >= 0.3 is 0 Å². The van der Waals surface area contributed by atoms with Crippen LogP contribution in [-0.4, -0.2) is 16.7 Å². The number of carbonyl (C=O) groups excluding carboxylic acids is 2. The Kier molecular flexibility index (Phi) is 4.05. The second-order valence-electron chi connectivity index (χ2n) is 5.96. The van der Waals surface area contributed by atoms with Gasteiger partial charge in [-0.3, -0.25) is 9.59 Å². The van der Waals surface area contributed by atoms with Gasteiger partial charge in [-0.2, -0.15) is 11.3 Å². The number of ketones is 1. The summed E-state index contributed by atoms with van der Waals surface area (Å²) in [5.74, 6) is -0.179. The van der Waals surface area contributed by atoms with Crippen molar-refractivity contribution in [2.45, 2.75) is 34.1 Å². The lowest BCUT2D eigenvalue weighted by Gasteiger charge is -2.28. The summed E-state index contributed by atoms with van der Waals surface area (Å²) in [5.41, 5.74) is 2.61. The maximum atomic E-state index is 12.3. The molecule has 2 N–H and O–H groups in total. The third kappa shape index (κ3) is 2.93. The number of carbonyl (C=O) groups is 2. The van der Waals surface area contributed by atoms with Gasteiger partial charge in [0.25, 0.3) is 5.91 Å². The second-order valence-corrected chi connectivity index (χ2v) is 6.74. The van der Waals surface area contributed by atoms with Crippen molar-refractivity contribution in [2.24, 2.45) is 5.41 Å². The van der Waals surface area contributed by atoms with Crippen molar-refractivity contribution in [1.29, 1.82) is 0 Å². The van der Waals surface area contributed by atoms with E-state index in [2.05, 4.69) is 24.1 Å². The van der Waals surface area contributed by atoms with E-state index in [0.29, 0.717) is 17.5 Å². The Morgan fingerprint density at radius 1 is 1.38 bits per heavy atom. The third-order valence-corrected chi connectivity index (χ3v) is 4.24. The van der Waals surface area contributed by atoms with Crippen molar-refractivity contribution in [3.05, 3.63) is 39.8 Å². The normalized spacial score (nSPS) is 16.0. The Balaban J connectivity index is 0.00000161. The molecule has 1 amide bonds. The van der Waals surface area contributed by atoms with Crippen LogP contribution in [-0.2, 0) is 6.42 Å². The lowest BCUT2D eigenvalue weighted by atomic mass is 9.75. The van der Waals surface area contributed by atoms with Crippen LogP contribution in [0, 0.1) is 5.41 Å². The van der Waals surface area contributed by atoms with E-state index in [-0.39, 0.29) is 24.5 Å². The van der Waals surface area contributed by atoms with Crippen LogP contribution in [0.2, 0.25) is 0 Å². The fourth-order valence-electron chi connectivity index (χ4n) is 2.70. The van der Waals surface area contributed by atoms with Crippen LogP contribution in [0.25, 0.3) is 0 Å². The number of thiophene rings is 1. The average molecular weight is 304 g/mol. The maximum absolute atomic E-state index is 12.3. The van der Waals surface area contributed by atoms with Gasteiger partial charge in [0.2, 0.25) is 0 Å². The highest BCUT2D eigenvalue weighted by Crippen LogP contribution is 2.35. The summed E-state index contributed by atoms with van der Waals surface area (Å²) in [5, 5.41) is 6.58. The molecule has 2 aromatic rings. The predicted molar refractivity (Wildman–Crippen MR) is 86.2 cm³/mol. The lowest BCUT2D eigenvalue weighted by molar-refractivity contribution is 0.0902. The Labute approximate surface area is 128 Å². The van der Waals surface area contributed by atoms with Gasteiger partial charge in [-0.25, -0.2) is 0 Å². The molecular formula is C16H20N2O2S. The van der Waals surface area contributed by atoms with Crippen molar-refractivity contribution in [1.82, 2.24) is 4.98 Å². The summed E-state index contributed by atoms with van der Waals surface area (Å²) < 4.78 is 0. The fraction of sp³-hybridized carbons (Fsp3) is 0.375. The first-order valence-corrected chi connectivity index (χ1v) is 7.47. The van der Waals surface area contributed by atoms with Crippen LogP contribution in [0.15, 0.2) is 23.0 Å². The molecule has 1 aliphatic carbocycles. The maximum Gasteiger partial charge on any atom is 0.257 e. The molecule has 2 heterocycles. The van der Waals surface area contributed by atoms with Crippen LogP contribution < -0.4 is 5.32 Å². The first-order chi connectivity index (χ1) is 9.46. The van der Waals surface area contributed by atoms with Gasteiger partial charge in [0.05, 0.1) is 16.8 Å². The van der Waals surface area contributed by atoms with Crippen molar-refractivity contribution in [3.63, 3.8) is 0 Å². The van der Waals surface area contributed by atoms with E-state index in [0.717, 1.165) is 17.8 Å². The van der Waals surface area contributed by atoms with Gasteiger partial charge in [0, 0.05) is 23.7 Å². The van der Waals surface area contributed by atoms with Crippen molar-refractivity contribution in [3.8, 4) is 0 Å². The monoisotopic (exact) mass is 304 g/mol. The molecule has 0 fully saturated rings. The zero-order valence-corrected chi connectivity index (χ0v) is 12.3. The van der Waals surface area contributed by atoms with Gasteiger partial charge in [0.15, 0.2) is 5.78 Å². The van der Waals surface area contributed by atoms with Gasteiger partial charge < -0.3 is 10.3 Å². The van der Waals surface area contributed by atoms with Gasteiger partial charge in [-0.15, -0.1) is 0 Å². The fourth-order valence-corrected chi connectivity index (χ4v) is 3.29. The Hall–Kier alpha value is -1.88. The van der Waals surface area contributed by atoms with Crippen LogP contribution in [0.1, 0.15) is 54.1 Å². The number of anilines is 1. The first kappa shape index (κ1) is 15.5. The number of nitrogens with one attached hydrogen (secondary N) is 2. The van der Waals surface area contributed by atoms with Gasteiger partial charge in [0.1, 0.15) is 0 Å². The number of fused-ring (bicyclic) bond motifs is 1. The van der Waals surface area contributed by atoms with E-state index < -0.39 is 0 Å². The van der Waals surface area contributed by atoms with Gasteiger partial charge in [-0.05, 0) is 23.3 Å². The summed E-state index contributed by atoms with van der Waals surface area (Å²) in [7, 11) is 0. The molecule has 1 aliphatic rings. The zero-order valence-electron chi connectivity index (χ0n) is 11.4. The van der Waals surface area contributed by atoms with Crippen LogP contribution >= 0.6 is 11.3 Å². The second kappa shape index (κ2) is 5.48. The topological polar surface area (TPSA) is 62.0 Å². The molecule has 0 spiro atoms. The molecular weight excluding hydrogens is 284 g/mol. The average Bonchev–Trinajstić information content (AvgIpc) is 2.95. The number of hydrogen-bond donors (Lipinski definition) is 2. The minimum atomic E-state index is -0.228. The highest BCUT2D eigenvalue weighted by atomic mass is 32.1. The molecule has 0 radical (unpaired) electrons. The largest absolute Gasteiger partial charge is 0.364 e. The predicted octanol–water partition coefficient (Wildman–Crippen LogP) is 4.12. The summed E-state index contributed by atoms with van der Waals surface area (Å²) in [6.07, 6.45) is 2.92. The molecule has 5 heteroatoms. The molecule has 0 bridgehead atoms. The molecule has 0 saturated heterocycles. The molecule has 0 aromatic carbocycles. The molecule has 0 saturated carbocycles. The van der Waals surface area contributed by atoms with Crippen LogP contribution in [0.5, 0.6) is 0 Å². The van der Waals surface area contributed by atoms with Gasteiger partial charge in [-0.1, -0.05) is 21.3 Å². The third-order valence-electron chi connectivity index (χ3n) is 3.56. The minimum absolute atomic E-state index is 0. The molecule has 0 aliphatic heterocycles. The van der Waals surface area contributed by atoms with E-state index in [9.17, 15) is 9.59 Å². The van der Waals surface area contributed by atoms with Crippen molar-refractivity contribution >= 4 is 28.7 Å².